The van der Waals surface area contributed by atoms with Crippen LogP contribution >= 0.6 is 11.3 Å². The summed E-state index contributed by atoms with van der Waals surface area (Å²) in [6, 6.07) is 0. The van der Waals surface area contributed by atoms with Crippen molar-refractivity contribution >= 4 is 17.2 Å². The monoisotopic (exact) mass is 321 g/mol. The molecule has 1 amide bonds. The molecular weight excluding hydrogens is 298 g/mol. The van der Waals surface area contributed by atoms with Crippen molar-refractivity contribution in [3.63, 3.8) is 0 Å². The number of hydrogen-bond acceptors (Lipinski definition) is 4. The van der Waals surface area contributed by atoms with E-state index < -0.39 is 5.79 Å². The highest BCUT2D eigenvalue weighted by molar-refractivity contribution is 7.10. The van der Waals surface area contributed by atoms with Crippen LogP contribution in [-0.4, -0.2) is 42.9 Å². The van der Waals surface area contributed by atoms with Gasteiger partial charge in [0.25, 0.3) is 5.91 Å². The van der Waals surface area contributed by atoms with Crippen LogP contribution in [0.1, 0.15) is 52.9 Å². The molecule has 0 N–H and O–H groups in total. The van der Waals surface area contributed by atoms with Gasteiger partial charge < -0.3 is 14.4 Å². The number of piperidine rings is 1. The normalized spacial score (nSPS) is 24.3. The van der Waals surface area contributed by atoms with Gasteiger partial charge in [0.2, 0.25) is 0 Å². The number of ether oxygens (including phenoxy) is 2. The van der Waals surface area contributed by atoms with Crippen molar-refractivity contribution in [2.24, 2.45) is 0 Å². The molecule has 4 nitrogen and oxygen atoms in total. The average Bonchev–Trinajstić information content (AvgIpc) is 3.09. The molecule has 0 aromatic carbocycles. The van der Waals surface area contributed by atoms with E-state index in [9.17, 15) is 4.79 Å². The fourth-order valence-corrected chi connectivity index (χ4v) is 4.98. The van der Waals surface area contributed by atoms with E-state index in [1.165, 1.54) is 29.7 Å². The molecule has 0 bridgehead atoms. The maximum absolute atomic E-state index is 12.9. The van der Waals surface area contributed by atoms with Crippen molar-refractivity contribution in [1.29, 1.82) is 0 Å². The summed E-state index contributed by atoms with van der Waals surface area (Å²) in [5.74, 6) is -0.185. The fraction of sp³-hybridized carbons (Fsp3) is 0.706. The Hall–Kier alpha value is -0.910. The molecule has 0 radical (unpaired) electrons. The third-order valence-electron chi connectivity index (χ3n) is 5.17. The van der Waals surface area contributed by atoms with Crippen LogP contribution in [0, 0.1) is 0 Å². The summed E-state index contributed by atoms with van der Waals surface area (Å²) in [7, 11) is 0. The second kappa shape index (κ2) is 5.95. The lowest BCUT2D eigenvalue weighted by Gasteiger charge is -2.37. The molecule has 1 aromatic heterocycles. The summed E-state index contributed by atoms with van der Waals surface area (Å²) < 4.78 is 11.5. The van der Waals surface area contributed by atoms with E-state index in [4.69, 9.17) is 9.47 Å². The van der Waals surface area contributed by atoms with E-state index in [2.05, 4.69) is 5.38 Å². The number of amides is 1. The smallest absolute Gasteiger partial charge is 0.254 e. The first-order valence-electron chi connectivity index (χ1n) is 8.44. The first-order chi connectivity index (χ1) is 10.8. The van der Waals surface area contributed by atoms with Gasteiger partial charge in [-0.2, -0.15) is 0 Å². The molecule has 4 rings (SSSR count). The average molecular weight is 321 g/mol. The minimum absolute atomic E-state index is 0.215. The number of rotatable bonds is 1. The Kier molecular flexibility index (Phi) is 3.96. The predicted octanol–water partition coefficient (Wildman–Crippen LogP) is 3.00. The van der Waals surface area contributed by atoms with Crippen LogP contribution in [0.2, 0.25) is 0 Å². The van der Waals surface area contributed by atoms with E-state index in [1.54, 1.807) is 11.3 Å². The van der Waals surface area contributed by atoms with Gasteiger partial charge in [-0.05, 0) is 31.2 Å². The highest BCUT2D eigenvalue weighted by Gasteiger charge is 2.41. The molecule has 0 saturated carbocycles. The molecule has 1 spiro atoms. The Morgan fingerprint density at radius 1 is 1.09 bits per heavy atom. The number of aryl methyl sites for hydroxylation is 1. The third kappa shape index (κ3) is 2.59. The van der Waals surface area contributed by atoms with Crippen molar-refractivity contribution in [2.75, 3.05) is 26.3 Å². The summed E-state index contributed by atoms with van der Waals surface area (Å²) in [6.45, 7) is 2.85. The predicted molar refractivity (Wildman–Crippen MR) is 85.4 cm³/mol. The number of carbonyl (C=O) groups excluding carboxylic acids is 1. The third-order valence-corrected chi connectivity index (χ3v) is 6.26. The van der Waals surface area contributed by atoms with Gasteiger partial charge in [-0.1, -0.05) is 6.42 Å². The summed E-state index contributed by atoms with van der Waals surface area (Å²) in [6.07, 6.45) is 7.59. The molecule has 0 unspecified atom stereocenters. The van der Waals surface area contributed by atoms with Gasteiger partial charge >= 0.3 is 0 Å². The molecule has 3 heterocycles. The van der Waals surface area contributed by atoms with Gasteiger partial charge in [-0.25, -0.2) is 0 Å². The van der Waals surface area contributed by atoms with E-state index in [0.717, 1.165) is 44.3 Å². The summed E-state index contributed by atoms with van der Waals surface area (Å²) in [4.78, 5) is 16.3. The molecule has 3 aliphatic rings. The minimum Gasteiger partial charge on any atom is -0.347 e. The molecule has 1 aromatic rings. The quantitative estimate of drug-likeness (QED) is 0.747. The van der Waals surface area contributed by atoms with Crippen molar-refractivity contribution in [3.05, 3.63) is 21.4 Å². The van der Waals surface area contributed by atoms with Crippen molar-refractivity contribution < 1.29 is 14.3 Å². The molecule has 2 fully saturated rings. The van der Waals surface area contributed by atoms with Crippen LogP contribution in [0.15, 0.2) is 5.38 Å². The molecule has 1 aliphatic carbocycles. The van der Waals surface area contributed by atoms with E-state index in [-0.39, 0.29) is 5.91 Å². The zero-order valence-electron chi connectivity index (χ0n) is 12.9. The van der Waals surface area contributed by atoms with Gasteiger partial charge in [0.1, 0.15) is 0 Å². The standard InChI is InChI=1S/C17H23NO3S/c19-16(14-12-22-15-5-3-1-2-4-13(14)15)18-8-6-17(7-9-18)20-10-11-21-17/h12H,1-11H2. The highest BCUT2D eigenvalue weighted by atomic mass is 32.1. The molecule has 0 atom stereocenters. The number of fused-ring (bicyclic) bond motifs is 1. The maximum atomic E-state index is 12.9. The molecule has 5 heteroatoms. The maximum Gasteiger partial charge on any atom is 0.254 e. The Morgan fingerprint density at radius 3 is 2.59 bits per heavy atom. The zero-order chi connectivity index (χ0) is 15.0. The lowest BCUT2D eigenvalue weighted by molar-refractivity contribution is -0.181. The van der Waals surface area contributed by atoms with Crippen molar-refractivity contribution in [2.45, 2.75) is 50.7 Å². The number of likely N-dealkylation sites (tertiary alicyclic amines) is 1. The second-order valence-electron chi connectivity index (χ2n) is 6.51. The minimum atomic E-state index is -0.400. The Morgan fingerprint density at radius 2 is 1.82 bits per heavy atom. The molecule has 2 saturated heterocycles. The Bertz CT molecular complexity index is 552. The molecule has 2 aliphatic heterocycles. The van der Waals surface area contributed by atoms with Crippen LogP contribution in [0.5, 0.6) is 0 Å². The van der Waals surface area contributed by atoms with Crippen molar-refractivity contribution in [3.8, 4) is 0 Å². The van der Waals surface area contributed by atoms with Gasteiger partial charge in [-0.15, -0.1) is 11.3 Å². The number of hydrogen-bond donors (Lipinski definition) is 0. The van der Waals surface area contributed by atoms with E-state index in [0.29, 0.717) is 13.2 Å². The van der Waals surface area contributed by atoms with Crippen LogP contribution in [-0.2, 0) is 22.3 Å². The van der Waals surface area contributed by atoms with Gasteiger partial charge in [0.05, 0.1) is 18.8 Å². The van der Waals surface area contributed by atoms with E-state index in [1.807, 2.05) is 4.90 Å². The fourth-order valence-electron chi connectivity index (χ4n) is 3.86. The largest absolute Gasteiger partial charge is 0.347 e. The van der Waals surface area contributed by atoms with Crippen LogP contribution in [0.3, 0.4) is 0 Å². The first kappa shape index (κ1) is 14.7. The number of carbonyl (C=O) groups is 1. The van der Waals surface area contributed by atoms with E-state index >= 15 is 0 Å². The van der Waals surface area contributed by atoms with Crippen LogP contribution in [0.4, 0.5) is 0 Å². The lowest BCUT2D eigenvalue weighted by atomic mass is 10.0. The topological polar surface area (TPSA) is 38.8 Å². The SMILES string of the molecule is O=C(c1csc2c1CCCCC2)N1CCC2(CC1)OCCO2. The number of thiophene rings is 1. The highest BCUT2D eigenvalue weighted by Crippen LogP contribution is 2.34. The van der Waals surface area contributed by atoms with Crippen molar-refractivity contribution in [1.82, 2.24) is 4.90 Å². The van der Waals surface area contributed by atoms with Crippen LogP contribution in [0.25, 0.3) is 0 Å². The summed E-state index contributed by atoms with van der Waals surface area (Å²) >= 11 is 1.78. The van der Waals surface area contributed by atoms with Gasteiger partial charge in [0, 0.05) is 36.2 Å². The zero-order valence-corrected chi connectivity index (χ0v) is 13.8. The molecular formula is C17H23NO3S. The van der Waals surface area contributed by atoms with Gasteiger partial charge in [-0.3, -0.25) is 4.79 Å². The molecule has 120 valence electrons. The second-order valence-corrected chi connectivity index (χ2v) is 7.48. The van der Waals surface area contributed by atoms with Crippen LogP contribution < -0.4 is 0 Å². The summed E-state index contributed by atoms with van der Waals surface area (Å²) in [5.41, 5.74) is 2.30. The molecule has 22 heavy (non-hydrogen) atoms. The van der Waals surface area contributed by atoms with Gasteiger partial charge in [0.15, 0.2) is 5.79 Å². The summed E-state index contributed by atoms with van der Waals surface area (Å²) in [5, 5.41) is 2.09. The Labute approximate surface area is 135 Å². The first-order valence-corrected chi connectivity index (χ1v) is 9.32. The Balaban J connectivity index is 1.47. The lowest BCUT2D eigenvalue weighted by Crippen LogP contribution is -2.47. The number of nitrogens with zero attached hydrogens (tertiary/aromatic N) is 1.